The minimum Gasteiger partial charge on any atom is -0.344 e. The average Bonchev–Trinajstić information content (AvgIpc) is 2.63. The van der Waals surface area contributed by atoms with Gasteiger partial charge in [0.25, 0.3) is 0 Å². The van der Waals surface area contributed by atoms with E-state index in [9.17, 15) is 0 Å². The summed E-state index contributed by atoms with van der Waals surface area (Å²) in [5, 5.41) is 0. The van der Waals surface area contributed by atoms with Crippen LogP contribution >= 0.6 is 0 Å². The first kappa shape index (κ1) is 8.65. The summed E-state index contributed by atoms with van der Waals surface area (Å²) >= 11 is 0. The molecule has 1 aromatic heterocycles. The van der Waals surface area contributed by atoms with Crippen molar-refractivity contribution in [1.82, 2.24) is 4.57 Å². The topological polar surface area (TPSA) is 4.93 Å². The molecule has 0 saturated carbocycles. The van der Waals surface area contributed by atoms with Crippen LogP contribution in [-0.2, 0) is 7.05 Å². The summed E-state index contributed by atoms with van der Waals surface area (Å²) in [7, 11) is 2.00. The first-order chi connectivity index (χ1) is 6.86. The highest BCUT2D eigenvalue weighted by Crippen LogP contribution is 1.99. The SMILES string of the molecule is Cn1cccc1C#Cc1ccccc1. The molecule has 1 aromatic carbocycles. The van der Waals surface area contributed by atoms with E-state index in [0.717, 1.165) is 11.3 Å². The summed E-state index contributed by atoms with van der Waals surface area (Å²) in [6, 6.07) is 14.0. The van der Waals surface area contributed by atoms with E-state index in [1.54, 1.807) is 0 Å². The van der Waals surface area contributed by atoms with E-state index in [2.05, 4.69) is 11.8 Å². The standard InChI is InChI=1S/C13H11N/c1-14-11-5-8-13(14)10-9-12-6-3-2-4-7-12/h2-8,11H,1H3. The fourth-order valence-corrected chi connectivity index (χ4v) is 1.25. The third-order valence-electron chi connectivity index (χ3n) is 2.05. The third-order valence-corrected chi connectivity index (χ3v) is 2.05. The largest absolute Gasteiger partial charge is 0.344 e. The predicted octanol–water partition coefficient (Wildman–Crippen LogP) is 2.42. The van der Waals surface area contributed by atoms with Crippen LogP contribution in [0.3, 0.4) is 0 Å². The smallest absolute Gasteiger partial charge is 0.0920 e. The summed E-state index contributed by atoms with van der Waals surface area (Å²) in [6.45, 7) is 0. The van der Waals surface area contributed by atoms with Gasteiger partial charge in [-0.2, -0.15) is 0 Å². The van der Waals surface area contributed by atoms with Gasteiger partial charge in [-0.15, -0.1) is 0 Å². The van der Waals surface area contributed by atoms with Crippen molar-refractivity contribution < 1.29 is 0 Å². The van der Waals surface area contributed by atoms with Gasteiger partial charge >= 0.3 is 0 Å². The lowest BCUT2D eigenvalue weighted by Crippen LogP contribution is -1.87. The molecular weight excluding hydrogens is 170 g/mol. The zero-order valence-corrected chi connectivity index (χ0v) is 8.07. The van der Waals surface area contributed by atoms with Crippen LogP contribution in [0.1, 0.15) is 11.3 Å². The van der Waals surface area contributed by atoms with E-state index in [4.69, 9.17) is 0 Å². The Morgan fingerprint density at radius 1 is 0.929 bits per heavy atom. The molecule has 68 valence electrons. The molecule has 2 rings (SSSR count). The molecule has 0 saturated heterocycles. The molecule has 0 bridgehead atoms. The molecule has 0 amide bonds. The molecule has 0 radical (unpaired) electrons. The van der Waals surface area contributed by atoms with Gasteiger partial charge in [0.15, 0.2) is 0 Å². The van der Waals surface area contributed by atoms with Gasteiger partial charge in [0, 0.05) is 18.8 Å². The van der Waals surface area contributed by atoms with Crippen LogP contribution in [0.5, 0.6) is 0 Å². The maximum atomic E-state index is 3.12. The van der Waals surface area contributed by atoms with Crippen molar-refractivity contribution in [1.29, 1.82) is 0 Å². The maximum Gasteiger partial charge on any atom is 0.0920 e. The monoisotopic (exact) mass is 181 g/mol. The van der Waals surface area contributed by atoms with Gasteiger partial charge in [0.2, 0.25) is 0 Å². The second kappa shape index (κ2) is 3.85. The fourth-order valence-electron chi connectivity index (χ4n) is 1.25. The molecule has 1 heteroatoms. The molecular formula is C13H11N. The lowest BCUT2D eigenvalue weighted by atomic mass is 10.2. The molecule has 1 heterocycles. The zero-order valence-electron chi connectivity index (χ0n) is 8.07. The highest BCUT2D eigenvalue weighted by Gasteiger charge is 1.89. The van der Waals surface area contributed by atoms with Crippen LogP contribution in [0.2, 0.25) is 0 Å². The summed E-state index contributed by atoms with van der Waals surface area (Å²) in [4.78, 5) is 0. The number of benzene rings is 1. The van der Waals surface area contributed by atoms with Crippen LogP contribution < -0.4 is 0 Å². The first-order valence-corrected chi connectivity index (χ1v) is 4.55. The Morgan fingerprint density at radius 3 is 2.36 bits per heavy atom. The van der Waals surface area contributed by atoms with E-state index in [-0.39, 0.29) is 0 Å². The van der Waals surface area contributed by atoms with E-state index < -0.39 is 0 Å². The maximum absolute atomic E-state index is 3.12. The van der Waals surface area contributed by atoms with Crippen molar-refractivity contribution in [3.8, 4) is 11.8 Å². The molecule has 0 aliphatic heterocycles. The summed E-state index contributed by atoms with van der Waals surface area (Å²) in [5.74, 6) is 6.24. The van der Waals surface area contributed by atoms with Crippen molar-refractivity contribution >= 4 is 0 Å². The van der Waals surface area contributed by atoms with E-state index in [1.807, 2.05) is 60.3 Å². The van der Waals surface area contributed by atoms with Gasteiger partial charge in [-0.05, 0) is 30.2 Å². The molecule has 1 nitrogen and oxygen atoms in total. The molecule has 0 aliphatic rings. The Balaban J connectivity index is 2.28. The minimum atomic E-state index is 1.04. The van der Waals surface area contributed by atoms with Crippen molar-refractivity contribution in [2.24, 2.45) is 7.05 Å². The Morgan fingerprint density at radius 2 is 1.71 bits per heavy atom. The van der Waals surface area contributed by atoms with Gasteiger partial charge < -0.3 is 4.57 Å². The van der Waals surface area contributed by atoms with Crippen LogP contribution in [0.4, 0.5) is 0 Å². The van der Waals surface area contributed by atoms with Crippen LogP contribution in [0.15, 0.2) is 48.7 Å². The van der Waals surface area contributed by atoms with Gasteiger partial charge in [0.1, 0.15) is 0 Å². The normalized spacial score (nSPS) is 9.21. The number of hydrogen-bond acceptors (Lipinski definition) is 0. The Labute approximate surface area is 84.0 Å². The number of aryl methyl sites for hydroxylation is 1. The molecule has 0 spiro atoms. The highest BCUT2D eigenvalue weighted by atomic mass is 14.9. The number of nitrogens with zero attached hydrogens (tertiary/aromatic N) is 1. The van der Waals surface area contributed by atoms with E-state index in [0.29, 0.717) is 0 Å². The highest BCUT2D eigenvalue weighted by molar-refractivity contribution is 5.40. The molecule has 0 N–H and O–H groups in total. The molecule has 14 heavy (non-hydrogen) atoms. The van der Waals surface area contributed by atoms with E-state index >= 15 is 0 Å². The molecule has 0 aliphatic carbocycles. The number of aromatic nitrogens is 1. The van der Waals surface area contributed by atoms with Crippen LogP contribution in [0.25, 0.3) is 0 Å². The summed E-state index contributed by atoms with van der Waals surface area (Å²) < 4.78 is 2.01. The number of rotatable bonds is 0. The van der Waals surface area contributed by atoms with Crippen molar-refractivity contribution in [3.05, 3.63) is 59.9 Å². The van der Waals surface area contributed by atoms with Gasteiger partial charge in [-0.1, -0.05) is 24.1 Å². The van der Waals surface area contributed by atoms with Gasteiger partial charge in [-0.25, -0.2) is 0 Å². The lowest BCUT2D eigenvalue weighted by Gasteiger charge is -1.91. The average molecular weight is 181 g/mol. The van der Waals surface area contributed by atoms with Crippen LogP contribution in [-0.4, -0.2) is 4.57 Å². The fraction of sp³-hybridized carbons (Fsp3) is 0.0769. The summed E-state index contributed by atoms with van der Waals surface area (Å²) in [6.07, 6.45) is 2.00. The minimum absolute atomic E-state index is 1.04. The molecule has 0 fully saturated rings. The first-order valence-electron chi connectivity index (χ1n) is 4.55. The van der Waals surface area contributed by atoms with Crippen molar-refractivity contribution in [2.45, 2.75) is 0 Å². The van der Waals surface area contributed by atoms with E-state index in [1.165, 1.54) is 0 Å². The van der Waals surface area contributed by atoms with Gasteiger partial charge in [0.05, 0.1) is 5.69 Å². The molecule has 0 unspecified atom stereocenters. The summed E-state index contributed by atoms with van der Waals surface area (Å²) in [5.41, 5.74) is 2.09. The zero-order chi connectivity index (χ0) is 9.80. The van der Waals surface area contributed by atoms with Gasteiger partial charge in [-0.3, -0.25) is 0 Å². The predicted molar refractivity (Wildman–Crippen MR) is 57.8 cm³/mol. The van der Waals surface area contributed by atoms with Crippen LogP contribution in [0, 0.1) is 11.8 Å². The second-order valence-electron chi connectivity index (χ2n) is 3.12. The third kappa shape index (κ3) is 1.86. The second-order valence-corrected chi connectivity index (χ2v) is 3.12. The Bertz CT molecular complexity index is 469. The van der Waals surface area contributed by atoms with Crippen molar-refractivity contribution in [2.75, 3.05) is 0 Å². The Hall–Kier alpha value is -1.94. The molecule has 2 aromatic rings. The number of hydrogen-bond donors (Lipinski definition) is 0. The lowest BCUT2D eigenvalue weighted by molar-refractivity contribution is 0.912. The quantitative estimate of drug-likeness (QED) is 0.550. The van der Waals surface area contributed by atoms with Crippen molar-refractivity contribution in [3.63, 3.8) is 0 Å². The molecule has 0 atom stereocenters. The Kier molecular flexibility index (Phi) is 2.38.